The van der Waals surface area contributed by atoms with Crippen LogP contribution in [0.3, 0.4) is 0 Å². The predicted molar refractivity (Wildman–Crippen MR) is 64.6 cm³/mol. The first-order valence-electron chi connectivity index (χ1n) is 5.77. The third kappa shape index (κ3) is 2.44. The maximum atomic E-state index is 12.2. The average Bonchev–Trinajstić information content (AvgIpc) is 2.33. The van der Waals surface area contributed by atoms with E-state index in [1.807, 2.05) is 4.90 Å². The first-order chi connectivity index (χ1) is 8.00. The molecule has 0 N–H and O–H groups in total. The number of piperazine rings is 1. The fourth-order valence-corrected chi connectivity index (χ4v) is 1.99. The minimum atomic E-state index is -0.00595. The molecule has 1 aliphatic rings. The van der Waals surface area contributed by atoms with Crippen molar-refractivity contribution >= 4 is 5.91 Å². The highest BCUT2D eigenvalue weighted by Gasteiger charge is 2.33. The van der Waals surface area contributed by atoms with E-state index >= 15 is 0 Å². The molecule has 0 aliphatic carbocycles. The molecule has 2 heterocycles. The number of aromatic nitrogens is 2. The fraction of sp³-hybridized carbons (Fsp3) is 0.583. The lowest BCUT2D eigenvalue weighted by molar-refractivity contribution is 0.0307. The summed E-state index contributed by atoms with van der Waals surface area (Å²) in [7, 11) is 2.09. The van der Waals surface area contributed by atoms with Gasteiger partial charge in [-0.15, -0.1) is 0 Å². The SMILES string of the molecule is CN1CCN(C(=O)c2ccncn2)CC1(C)C. The molecule has 2 rings (SSSR count). The Morgan fingerprint density at radius 2 is 2.18 bits per heavy atom. The lowest BCUT2D eigenvalue weighted by Crippen LogP contribution is -2.58. The molecule has 92 valence electrons. The van der Waals surface area contributed by atoms with Crippen LogP contribution in [0.5, 0.6) is 0 Å². The Kier molecular flexibility index (Phi) is 3.11. The van der Waals surface area contributed by atoms with Crippen LogP contribution in [-0.2, 0) is 0 Å². The highest BCUT2D eigenvalue weighted by atomic mass is 16.2. The monoisotopic (exact) mass is 234 g/mol. The summed E-state index contributed by atoms with van der Waals surface area (Å²) in [6.07, 6.45) is 3.01. The van der Waals surface area contributed by atoms with Crippen LogP contribution in [0.4, 0.5) is 0 Å². The molecule has 1 fully saturated rings. The fourth-order valence-electron chi connectivity index (χ4n) is 1.99. The molecule has 1 saturated heterocycles. The zero-order chi connectivity index (χ0) is 12.5. The molecular formula is C12H18N4O. The zero-order valence-electron chi connectivity index (χ0n) is 10.6. The number of carbonyl (C=O) groups excluding carboxylic acids is 1. The van der Waals surface area contributed by atoms with Crippen molar-refractivity contribution in [1.29, 1.82) is 0 Å². The van der Waals surface area contributed by atoms with E-state index < -0.39 is 0 Å². The van der Waals surface area contributed by atoms with Gasteiger partial charge >= 0.3 is 0 Å². The second-order valence-corrected chi connectivity index (χ2v) is 5.06. The van der Waals surface area contributed by atoms with Crippen molar-refractivity contribution in [3.05, 3.63) is 24.3 Å². The molecule has 0 bridgehead atoms. The summed E-state index contributed by atoms with van der Waals surface area (Å²) in [5.74, 6) is -0.00595. The van der Waals surface area contributed by atoms with Gasteiger partial charge < -0.3 is 4.90 Å². The Labute approximate surface area is 101 Å². The van der Waals surface area contributed by atoms with E-state index in [1.165, 1.54) is 6.33 Å². The van der Waals surface area contributed by atoms with Gasteiger partial charge in [0.1, 0.15) is 12.0 Å². The number of hydrogen-bond acceptors (Lipinski definition) is 4. The number of carbonyl (C=O) groups is 1. The summed E-state index contributed by atoms with van der Waals surface area (Å²) in [5.41, 5.74) is 0.487. The summed E-state index contributed by atoms with van der Waals surface area (Å²) in [5, 5.41) is 0. The third-order valence-electron chi connectivity index (χ3n) is 3.40. The Morgan fingerprint density at radius 1 is 1.41 bits per heavy atom. The molecule has 1 aromatic rings. The van der Waals surface area contributed by atoms with Gasteiger partial charge in [-0.25, -0.2) is 9.97 Å². The van der Waals surface area contributed by atoms with E-state index in [9.17, 15) is 4.79 Å². The van der Waals surface area contributed by atoms with E-state index in [0.29, 0.717) is 5.69 Å². The Morgan fingerprint density at radius 3 is 2.76 bits per heavy atom. The normalized spacial score (nSPS) is 20.3. The molecule has 17 heavy (non-hydrogen) atoms. The van der Waals surface area contributed by atoms with E-state index in [2.05, 4.69) is 35.8 Å². The van der Waals surface area contributed by atoms with Crippen molar-refractivity contribution in [3.8, 4) is 0 Å². The molecule has 0 atom stereocenters. The maximum absolute atomic E-state index is 12.2. The van der Waals surface area contributed by atoms with Gasteiger partial charge in [-0.05, 0) is 27.0 Å². The van der Waals surface area contributed by atoms with Gasteiger partial charge in [0, 0.05) is 31.4 Å². The third-order valence-corrected chi connectivity index (χ3v) is 3.40. The summed E-state index contributed by atoms with van der Waals surface area (Å²) < 4.78 is 0. The first kappa shape index (κ1) is 12.0. The summed E-state index contributed by atoms with van der Waals surface area (Å²) in [4.78, 5) is 24.2. The van der Waals surface area contributed by atoms with Crippen LogP contribution in [0, 0.1) is 0 Å². The Hall–Kier alpha value is -1.49. The van der Waals surface area contributed by atoms with Gasteiger partial charge in [0.25, 0.3) is 5.91 Å². The summed E-state index contributed by atoms with van der Waals surface area (Å²) in [6.45, 7) is 6.66. The number of likely N-dealkylation sites (N-methyl/N-ethyl adjacent to an activating group) is 1. The van der Waals surface area contributed by atoms with Crippen LogP contribution < -0.4 is 0 Å². The van der Waals surface area contributed by atoms with Gasteiger partial charge in [-0.2, -0.15) is 0 Å². The van der Waals surface area contributed by atoms with Gasteiger partial charge in [0.05, 0.1) is 0 Å². The van der Waals surface area contributed by atoms with Gasteiger partial charge in [-0.3, -0.25) is 9.69 Å². The lowest BCUT2D eigenvalue weighted by atomic mass is 9.99. The molecule has 0 saturated carbocycles. The van der Waals surface area contributed by atoms with Crippen LogP contribution in [0.2, 0.25) is 0 Å². The molecule has 0 radical (unpaired) electrons. The largest absolute Gasteiger partial charge is 0.334 e. The van der Waals surface area contributed by atoms with Crippen LogP contribution >= 0.6 is 0 Å². The lowest BCUT2D eigenvalue weighted by Gasteiger charge is -2.45. The van der Waals surface area contributed by atoms with Crippen LogP contribution in [-0.4, -0.2) is 57.9 Å². The van der Waals surface area contributed by atoms with Crippen LogP contribution in [0.15, 0.2) is 18.6 Å². The van der Waals surface area contributed by atoms with Crippen LogP contribution in [0.25, 0.3) is 0 Å². The topological polar surface area (TPSA) is 49.3 Å². The highest BCUT2D eigenvalue weighted by molar-refractivity contribution is 5.92. The second-order valence-electron chi connectivity index (χ2n) is 5.06. The van der Waals surface area contributed by atoms with Crippen molar-refractivity contribution in [3.63, 3.8) is 0 Å². The Balaban J connectivity index is 2.12. The molecule has 0 spiro atoms. The number of nitrogens with zero attached hydrogens (tertiary/aromatic N) is 4. The minimum Gasteiger partial charge on any atom is -0.334 e. The number of hydrogen-bond donors (Lipinski definition) is 0. The van der Waals surface area contributed by atoms with Crippen molar-refractivity contribution in [2.24, 2.45) is 0 Å². The van der Waals surface area contributed by atoms with Crippen molar-refractivity contribution < 1.29 is 4.79 Å². The average molecular weight is 234 g/mol. The molecule has 1 aromatic heterocycles. The van der Waals surface area contributed by atoms with Crippen molar-refractivity contribution in [2.45, 2.75) is 19.4 Å². The van der Waals surface area contributed by atoms with Crippen molar-refractivity contribution in [1.82, 2.24) is 19.8 Å². The Bertz CT molecular complexity index is 404. The smallest absolute Gasteiger partial charge is 0.272 e. The van der Waals surface area contributed by atoms with Gasteiger partial charge in [0.2, 0.25) is 0 Å². The molecular weight excluding hydrogens is 216 g/mol. The number of amides is 1. The van der Waals surface area contributed by atoms with E-state index in [0.717, 1.165) is 19.6 Å². The van der Waals surface area contributed by atoms with E-state index in [1.54, 1.807) is 12.3 Å². The standard InChI is InChI=1S/C12H18N4O/c1-12(2)8-16(7-6-15(12)3)11(17)10-4-5-13-9-14-10/h4-5,9H,6-8H2,1-3H3. The predicted octanol–water partition coefficient (Wildman–Crippen LogP) is 0.643. The van der Waals surface area contributed by atoms with E-state index in [4.69, 9.17) is 0 Å². The molecule has 5 heteroatoms. The van der Waals surface area contributed by atoms with Crippen molar-refractivity contribution in [2.75, 3.05) is 26.7 Å². The number of rotatable bonds is 1. The van der Waals surface area contributed by atoms with Gasteiger partial charge in [0.15, 0.2) is 0 Å². The molecule has 1 amide bonds. The molecule has 0 unspecified atom stereocenters. The summed E-state index contributed by atoms with van der Waals surface area (Å²) >= 11 is 0. The maximum Gasteiger partial charge on any atom is 0.272 e. The van der Waals surface area contributed by atoms with Crippen LogP contribution in [0.1, 0.15) is 24.3 Å². The molecule has 1 aliphatic heterocycles. The highest BCUT2D eigenvalue weighted by Crippen LogP contribution is 2.19. The van der Waals surface area contributed by atoms with Gasteiger partial charge in [-0.1, -0.05) is 0 Å². The minimum absolute atomic E-state index is 0.00595. The molecule has 0 aromatic carbocycles. The van der Waals surface area contributed by atoms with E-state index in [-0.39, 0.29) is 11.4 Å². The first-order valence-corrected chi connectivity index (χ1v) is 5.77. The molecule has 5 nitrogen and oxygen atoms in total. The summed E-state index contributed by atoms with van der Waals surface area (Å²) in [6, 6.07) is 1.66. The second kappa shape index (κ2) is 4.41. The quantitative estimate of drug-likeness (QED) is 0.715. The zero-order valence-corrected chi connectivity index (χ0v) is 10.6.